The molecule has 70 valence electrons. The van der Waals surface area contributed by atoms with Gasteiger partial charge in [0.25, 0.3) is 0 Å². The Morgan fingerprint density at radius 2 is 2.00 bits per heavy atom. The lowest BCUT2D eigenvalue weighted by atomic mass is 9.99. The number of primary amides is 1. The van der Waals surface area contributed by atoms with E-state index in [1.165, 1.54) is 0 Å². The van der Waals surface area contributed by atoms with Crippen LogP contribution >= 0.6 is 0 Å². The highest BCUT2D eigenvalue weighted by molar-refractivity contribution is 7.77. The fraction of sp³-hybridized carbons (Fsp3) is 0.833. The maximum absolute atomic E-state index is 10.9. The smallest absolute Gasteiger partial charge is 0.238 e. The normalized spacial score (nSPS) is 23.8. The van der Waals surface area contributed by atoms with Crippen LogP contribution in [-0.2, 0) is 16.1 Å². The zero-order valence-electron chi connectivity index (χ0n) is 6.54. The van der Waals surface area contributed by atoms with E-state index in [1.54, 1.807) is 0 Å². The zero-order valence-corrected chi connectivity index (χ0v) is 7.36. The van der Waals surface area contributed by atoms with Gasteiger partial charge < -0.3 is 10.3 Å². The van der Waals surface area contributed by atoms with E-state index in [-0.39, 0.29) is 0 Å². The lowest BCUT2D eigenvalue weighted by Crippen LogP contribution is -2.53. The SMILES string of the molecule is NC(=O)C1(NS(=O)[O-])CCCC1. The summed E-state index contributed by atoms with van der Waals surface area (Å²) in [7, 11) is 0. The fourth-order valence-electron chi connectivity index (χ4n) is 1.54. The van der Waals surface area contributed by atoms with Gasteiger partial charge in [0.05, 0.1) is 0 Å². The Balaban J connectivity index is 2.72. The van der Waals surface area contributed by atoms with Crippen LogP contribution in [0.1, 0.15) is 25.7 Å². The molecule has 12 heavy (non-hydrogen) atoms. The van der Waals surface area contributed by atoms with Crippen LogP contribution in [0.25, 0.3) is 0 Å². The Labute approximate surface area is 73.1 Å². The van der Waals surface area contributed by atoms with Gasteiger partial charge in [-0.15, -0.1) is 0 Å². The summed E-state index contributed by atoms with van der Waals surface area (Å²) in [4.78, 5) is 10.9. The molecule has 3 N–H and O–H groups in total. The molecule has 1 saturated carbocycles. The third-order valence-corrected chi connectivity index (χ3v) is 2.76. The molecule has 1 atom stereocenters. The number of rotatable bonds is 3. The van der Waals surface area contributed by atoms with Gasteiger partial charge in [0, 0.05) is 11.3 Å². The number of carbonyl (C=O) groups excluding carboxylic acids is 1. The molecule has 0 bridgehead atoms. The van der Waals surface area contributed by atoms with E-state index in [0.717, 1.165) is 12.8 Å². The average Bonchev–Trinajstić information content (AvgIpc) is 2.35. The largest absolute Gasteiger partial charge is 0.760 e. The molecule has 0 aliphatic heterocycles. The lowest BCUT2D eigenvalue weighted by Gasteiger charge is -2.27. The third-order valence-electron chi connectivity index (χ3n) is 2.21. The predicted molar refractivity (Wildman–Crippen MR) is 42.4 cm³/mol. The first-order valence-electron chi connectivity index (χ1n) is 3.74. The highest BCUT2D eigenvalue weighted by Gasteiger charge is 2.39. The van der Waals surface area contributed by atoms with Crippen LogP contribution < -0.4 is 10.5 Å². The molecular weight excluding hydrogens is 180 g/mol. The van der Waals surface area contributed by atoms with E-state index in [4.69, 9.17) is 5.73 Å². The minimum Gasteiger partial charge on any atom is -0.760 e. The lowest BCUT2D eigenvalue weighted by molar-refractivity contribution is -0.123. The first kappa shape index (κ1) is 9.63. The monoisotopic (exact) mass is 191 g/mol. The van der Waals surface area contributed by atoms with Crippen molar-refractivity contribution in [1.29, 1.82) is 0 Å². The van der Waals surface area contributed by atoms with Gasteiger partial charge in [0.15, 0.2) is 0 Å². The van der Waals surface area contributed by atoms with Crippen LogP contribution in [0, 0.1) is 0 Å². The third kappa shape index (κ3) is 1.82. The zero-order chi connectivity index (χ0) is 9.19. The second kappa shape index (κ2) is 3.51. The quantitative estimate of drug-likeness (QED) is 0.570. The summed E-state index contributed by atoms with van der Waals surface area (Å²) in [5.41, 5.74) is 4.10. The van der Waals surface area contributed by atoms with Gasteiger partial charge in [-0.1, -0.05) is 12.8 Å². The Hall–Kier alpha value is -0.460. The van der Waals surface area contributed by atoms with Crippen LogP contribution in [0.5, 0.6) is 0 Å². The van der Waals surface area contributed by atoms with Gasteiger partial charge >= 0.3 is 0 Å². The van der Waals surface area contributed by atoms with Gasteiger partial charge in [0.1, 0.15) is 5.54 Å². The molecule has 0 aromatic carbocycles. The summed E-state index contributed by atoms with van der Waals surface area (Å²) in [5, 5.41) is 0. The van der Waals surface area contributed by atoms with E-state index >= 15 is 0 Å². The second-order valence-corrected chi connectivity index (χ2v) is 3.66. The van der Waals surface area contributed by atoms with Crippen molar-refractivity contribution in [2.75, 3.05) is 0 Å². The topological polar surface area (TPSA) is 95.2 Å². The Morgan fingerprint density at radius 1 is 1.50 bits per heavy atom. The molecule has 0 aromatic heterocycles. The summed E-state index contributed by atoms with van der Waals surface area (Å²) in [6.07, 6.45) is 2.70. The van der Waals surface area contributed by atoms with Gasteiger partial charge in [-0.25, -0.2) is 4.72 Å². The molecular formula is C6H11N2O3S-. The molecule has 0 saturated heterocycles. The number of hydrogen-bond acceptors (Lipinski definition) is 3. The summed E-state index contributed by atoms with van der Waals surface area (Å²) < 4.78 is 22.9. The molecule has 0 aromatic rings. The second-order valence-electron chi connectivity index (χ2n) is 2.99. The van der Waals surface area contributed by atoms with Gasteiger partial charge in [0.2, 0.25) is 5.91 Å². The van der Waals surface area contributed by atoms with Gasteiger partial charge in [-0.05, 0) is 12.8 Å². The average molecular weight is 191 g/mol. The van der Waals surface area contributed by atoms with Crippen LogP contribution in [0.3, 0.4) is 0 Å². The molecule has 6 heteroatoms. The van der Waals surface area contributed by atoms with Crippen molar-refractivity contribution in [3.63, 3.8) is 0 Å². The summed E-state index contributed by atoms with van der Waals surface area (Å²) >= 11 is -2.42. The molecule has 1 rings (SSSR count). The molecule has 0 heterocycles. The Bertz CT molecular complexity index is 213. The minimum absolute atomic E-state index is 0.510. The highest BCUT2D eigenvalue weighted by Crippen LogP contribution is 2.29. The molecule has 0 spiro atoms. The first-order valence-corrected chi connectivity index (χ1v) is 4.81. The van der Waals surface area contributed by atoms with Gasteiger partial charge in [-0.2, -0.15) is 0 Å². The van der Waals surface area contributed by atoms with Crippen LogP contribution in [-0.4, -0.2) is 20.2 Å². The van der Waals surface area contributed by atoms with Crippen molar-refractivity contribution in [2.45, 2.75) is 31.2 Å². The Morgan fingerprint density at radius 3 is 2.33 bits per heavy atom. The highest BCUT2D eigenvalue weighted by atomic mass is 32.2. The van der Waals surface area contributed by atoms with Crippen molar-refractivity contribution >= 4 is 17.2 Å². The maximum Gasteiger partial charge on any atom is 0.238 e. The number of nitrogens with two attached hydrogens (primary N) is 1. The molecule has 1 unspecified atom stereocenters. The van der Waals surface area contributed by atoms with E-state index in [2.05, 4.69) is 4.72 Å². The minimum atomic E-state index is -2.42. The molecule has 1 aliphatic carbocycles. The van der Waals surface area contributed by atoms with Crippen molar-refractivity contribution in [3.8, 4) is 0 Å². The predicted octanol–water partition coefficient (Wildman–Crippen LogP) is -0.832. The Kier molecular flexibility index (Phi) is 2.81. The van der Waals surface area contributed by atoms with Crippen LogP contribution in [0.4, 0.5) is 0 Å². The number of hydrogen-bond donors (Lipinski definition) is 2. The maximum atomic E-state index is 10.9. The van der Waals surface area contributed by atoms with Crippen LogP contribution in [0.2, 0.25) is 0 Å². The van der Waals surface area contributed by atoms with Crippen molar-refractivity contribution in [1.82, 2.24) is 4.72 Å². The molecule has 5 nitrogen and oxygen atoms in total. The fourth-order valence-corrected chi connectivity index (χ4v) is 2.16. The van der Waals surface area contributed by atoms with Crippen molar-refractivity contribution in [3.05, 3.63) is 0 Å². The van der Waals surface area contributed by atoms with Gasteiger partial charge in [-0.3, -0.25) is 9.00 Å². The van der Waals surface area contributed by atoms with E-state index in [1.807, 2.05) is 0 Å². The van der Waals surface area contributed by atoms with E-state index in [9.17, 15) is 13.6 Å². The number of carbonyl (C=O) groups is 1. The molecule has 1 amide bonds. The van der Waals surface area contributed by atoms with E-state index < -0.39 is 22.7 Å². The molecule has 1 fully saturated rings. The van der Waals surface area contributed by atoms with Crippen molar-refractivity contribution in [2.24, 2.45) is 5.73 Å². The van der Waals surface area contributed by atoms with Crippen LogP contribution in [0.15, 0.2) is 0 Å². The first-order chi connectivity index (χ1) is 5.57. The summed E-state index contributed by atoms with van der Waals surface area (Å²) in [6.45, 7) is 0. The van der Waals surface area contributed by atoms with Crippen molar-refractivity contribution < 1.29 is 13.6 Å². The molecule has 1 aliphatic rings. The summed E-state index contributed by atoms with van der Waals surface area (Å²) in [5.74, 6) is -0.579. The summed E-state index contributed by atoms with van der Waals surface area (Å²) in [6, 6.07) is 0. The standard InChI is InChI=1S/C6H12N2O3S/c7-5(9)6(8-12(10)11)3-1-2-4-6/h8H,1-4H2,(H2,7,9)(H,10,11)/p-1. The molecule has 0 radical (unpaired) electrons. The number of nitrogens with one attached hydrogen (secondary N) is 1. The number of amides is 1. The van der Waals surface area contributed by atoms with E-state index in [0.29, 0.717) is 12.8 Å².